The topological polar surface area (TPSA) is 79.1 Å². The van der Waals surface area contributed by atoms with E-state index in [0.29, 0.717) is 11.5 Å². The summed E-state index contributed by atoms with van der Waals surface area (Å²) in [5.41, 5.74) is 5.12. The highest BCUT2D eigenvalue weighted by Gasteiger charge is 2.18. The number of aliphatic imine (C=N–C) groups is 1. The number of methoxy groups -OCH3 is 3. The van der Waals surface area contributed by atoms with Gasteiger partial charge in [0.1, 0.15) is 17.2 Å². The number of benzene rings is 3. The average Bonchev–Trinajstić information content (AvgIpc) is 3.22. The number of hydrogen-bond donors (Lipinski definition) is 0. The van der Waals surface area contributed by atoms with Gasteiger partial charge in [0.05, 0.1) is 43.3 Å². The van der Waals surface area contributed by atoms with Crippen LogP contribution in [0.25, 0.3) is 16.9 Å². The quantitative estimate of drug-likeness (QED) is 0.291. The Bertz CT molecular complexity index is 1500. The molecule has 4 rings (SSSR count). The summed E-state index contributed by atoms with van der Waals surface area (Å²) in [4.78, 5) is 4.91. The first-order valence-corrected chi connectivity index (χ1v) is 13.1. The number of sulfone groups is 1. The first kappa shape index (κ1) is 25.1. The van der Waals surface area contributed by atoms with Gasteiger partial charge in [-0.15, -0.1) is 0 Å². The Balaban J connectivity index is 1.88. The molecule has 0 atom stereocenters. The van der Waals surface area contributed by atoms with Gasteiger partial charge in [0, 0.05) is 29.8 Å². The molecule has 0 fully saturated rings. The predicted molar refractivity (Wildman–Crippen MR) is 142 cm³/mol. The third kappa shape index (κ3) is 5.13. The smallest absolute Gasteiger partial charge is 0.175 e. The Morgan fingerprint density at radius 2 is 1.44 bits per heavy atom. The lowest BCUT2D eigenvalue weighted by molar-refractivity contribution is 0.401. The molecule has 0 aliphatic heterocycles. The third-order valence-electron chi connectivity index (χ3n) is 5.92. The zero-order chi connectivity index (χ0) is 25.9. The minimum absolute atomic E-state index is 0.265. The van der Waals surface area contributed by atoms with E-state index < -0.39 is 9.84 Å². The Morgan fingerprint density at radius 3 is 2.03 bits per heavy atom. The second kappa shape index (κ2) is 10.3. The first-order valence-electron chi connectivity index (χ1n) is 11.2. The van der Waals surface area contributed by atoms with Crippen LogP contribution in [0.1, 0.15) is 11.3 Å². The molecule has 0 bridgehead atoms. The molecule has 0 aliphatic rings. The lowest BCUT2D eigenvalue weighted by atomic mass is 10.1. The summed E-state index contributed by atoms with van der Waals surface area (Å²) in [5, 5.41) is 0. The molecule has 0 unspecified atom stereocenters. The van der Waals surface area contributed by atoms with Gasteiger partial charge in [0.2, 0.25) is 0 Å². The number of aromatic nitrogens is 1. The third-order valence-corrected chi connectivity index (χ3v) is 7.05. The second-order valence-electron chi connectivity index (χ2n) is 8.20. The van der Waals surface area contributed by atoms with E-state index >= 15 is 0 Å². The minimum atomic E-state index is -3.30. The highest BCUT2D eigenvalue weighted by Crippen LogP contribution is 2.35. The normalized spacial score (nSPS) is 11.6. The van der Waals surface area contributed by atoms with Crippen molar-refractivity contribution >= 4 is 21.7 Å². The molecule has 7 nitrogen and oxygen atoms in total. The largest absolute Gasteiger partial charge is 0.497 e. The van der Waals surface area contributed by atoms with Gasteiger partial charge in [-0.05, 0) is 67.1 Å². The Morgan fingerprint density at radius 1 is 0.806 bits per heavy atom. The van der Waals surface area contributed by atoms with Crippen LogP contribution in [0, 0.1) is 6.92 Å². The van der Waals surface area contributed by atoms with Crippen molar-refractivity contribution in [1.29, 1.82) is 0 Å². The standard InChI is InChI=1S/C28H28N2O5S/c1-19-21(18-29-22-8-10-23(33-2)11-9-22)16-26(20-6-13-25(14-7-20)36(5,31)32)30(19)27-17-24(34-3)12-15-28(27)35-4/h6-18H,1-5H3. The average molecular weight is 505 g/mol. The zero-order valence-electron chi connectivity index (χ0n) is 20.8. The molecule has 0 amide bonds. The summed E-state index contributed by atoms with van der Waals surface area (Å²) < 4.78 is 42.4. The van der Waals surface area contributed by atoms with Gasteiger partial charge in [-0.2, -0.15) is 0 Å². The number of rotatable bonds is 8. The van der Waals surface area contributed by atoms with Crippen molar-refractivity contribution in [3.05, 3.63) is 84.1 Å². The molecular weight excluding hydrogens is 476 g/mol. The molecule has 1 heterocycles. The van der Waals surface area contributed by atoms with Gasteiger partial charge < -0.3 is 18.8 Å². The summed E-state index contributed by atoms with van der Waals surface area (Å²) >= 11 is 0. The fourth-order valence-corrected chi connectivity index (χ4v) is 4.57. The molecule has 36 heavy (non-hydrogen) atoms. The van der Waals surface area contributed by atoms with E-state index in [1.165, 1.54) is 6.26 Å². The molecular formula is C28H28N2O5S. The van der Waals surface area contributed by atoms with Crippen molar-refractivity contribution in [3.8, 4) is 34.2 Å². The van der Waals surface area contributed by atoms with Crippen LogP contribution in [0.3, 0.4) is 0 Å². The van der Waals surface area contributed by atoms with E-state index in [4.69, 9.17) is 14.2 Å². The van der Waals surface area contributed by atoms with E-state index in [-0.39, 0.29) is 4.90 Å². The highest BCUT2D eigenvalue weighted by molar-refractivity contribution is 7.90. The predicted octanol–water partition coefficient (Wildman–Crippen LogP) is 5.63. The van der Waals surface area contributed by atoms with Crippen LogP contribution in [0.4, 0.5) is 5.69 Å². The summed E-state index contributed by atoms with van der Waals surface area (Å²) in [6.07, 6.45) is 3.01. The minimum Gasteiger partial charge on any atom is -0.497 e. The summed E-state index contributed by atoms with van der Waals surface area (Å²) in [7, 11) is 1.56. The number of nitrogens with zero attached hydrogens (tertiary/aromatic N) is 2. The Hall–Kier alpha value is -4.04. The van der Waals surface area contributed by atoms with Crippen molar-refractivity contribution in [2.24, 2.45) is 4.99 Å². The maximum Gasteiger partial charge on any atom is 0.175 e. The molecule has 8 heteroatoms. The van der Waals surface area contributed by atoms with E-state index in [0.717, 1.165) is 39.6 Å². The first-order chi connectivity index (χ1) is 17.2. The monoisotopic (exact) mass is 504 g/mol. The molecule has 0 spiro atoms. The van der Waals surface area contributed by atoms with Crippen LogP contribution in [-0.4, -0.2) is 46.8 Å². The maximum absolute atomic E-state index is 12.0. The maximum atomic E-state index is 12.0. The fraction of sp³-hybridized carbons (Fsp3) is 0.179. The fourth-order valence-electron chi connectivity index (χ4n) is 3.94. The van der Waals surface area contributed by atoms with Crippen LogP contribution < -0.4 is 14.2 Å². The molecule has 0 saturated heterocycles. The summed E-state index contributed by atoms with van der Waals surface area (Å²) in [6.45, 7) is 2.00. The van der Waals surface area contributed by atoms with Gasteiger partial charge in [-0.3, -0.25) is 4.99 Å². The molecule has 1 aromatic heterocycles. The van der Waals surface area contributed by atoms with Crippen molar-refractivity contribution in [3.63, 3.8) is 0 Å². The van der Waals surface area contributed by atoms with Gasteiger partial charge in [0.25, 0.3) is 0 Å². The molecule has 4 aromatic rings. The number of ether oxygens (including phenoxy) is 3. The number of hydrogen-bond acceptors (Lipinski definition) is 6. The van der Waals surface area contributed by atoms with Gasteiger partial charge in [0.15, 0.2) is 9.84 Å². The van der Waals surface area contributed by atoms with Crippen LogP contribution >= 0.6 is 0 Å². The van der Waals surface area contributed by atoms with Crippen molar-refractivity contribution in [1.82, 2.24) is 4.57 Å². The van der Waals surface area contributed by atoms with Crippen molar-refractivity contribution < 1.29 is 22.6 Å². The lowest BCUT2D eigenvalue weighted by Gasteiger charge is -2.17. The molecule has 186 valence electrons. The summed E-state index contributed by atoms with van der Waals surface area (Å²) in [5.74, 6) is 2.12. The molecule has 0 N–H and O–H groups in total. The highest BCUT2D eigenvalue weighted by atomic mass is 32.2. The van der Waals surface area contributed by atoms with Crippen LogP contribution in [-0.2, 0) is 9.84 Å². The molecule has 3 aromatic carbocycles. The van der Waals surface area contributed by atoms with E-state index in [2.05, 4.69) is 9.56 Å². The van der Waals surface area contributed by atoms with Gasteiger partial charge in [-0.1, -0.05) is 12.1 Å². The van der Waals surface area contributed by atoms with E-state index in [1.54, 1.807) is 45.6 Å². The SMILES string of the molecule is COc1ccc(N=Cc2cc(-c3ccc(S(C)(=O)=O)cc3)n(-c3cc(OC)ccc3OC)c2C)cc1. The van der Waals surface area contributed by atoms with Gasteiger partial charge in [-0.25, -0.2) is 8.42 Å². The van der Waals surface area contributed by atoms with Crippen molar-refractivity contribution in [2.45, 2.75) is 11.8 Å². The van der Waals surface area contributed by atoms with E-state index in [1.807, 2.05) is 61.7 Å². The lowest BCUT2D eigenvalue weighted by Crippen LogP contribution is -2.03. The van der Waals surface area contributed by atoms with Crippen LogP contribution in [0.2, 0.25) is 0 Å². The molecule has 0 radical (unpaired) electrons. The van der Waals surface area contributed by atoms with Crippen molar-refractivity contribution in [2.75, 3.05) is 27.6 Å². The van der Waals surface area contributed by atoms with Crippen LogP contribution in [0.5, 0.6) is 17.2 Å². The Kier molecular flexibility index (Phi) is 7.17. The molecule has 0 aliphatic carbocycles. The Labute approximate surface area is 211 Å². The summed E-state index contributed by atoms with van der Waals surface area (Å²) in [6, 6.07) is 22.0. The molecule has 0 saturated carbocycles. The van der Waals surface area contributed by atoms with E-state index in [9.17, 15) is 8.42 Å². The zero-order valence-corrected chi connectivity index (χ0v) is 21.7. The second-order valence-corrected chi connectivity index (χ2v) is 10.2. The van der Waals surface area contributed by atoms with Crippen LogP contribution in [0.15, 0.2) is 82.7 Å². The van der Waals surface area contributed by atoms with Gasteiger partial charge >= 0.3 is 0 Å².